The van der Waals surface area contributed by atoms with E-state index in [1.807, 2.05) is 0 Å². The van der Waals surface area contributed by atoms with Crippen LogP contribution in [0.4, 0.5) is 158 Å². The molecule has 63 heteroatoms. The van der Waals surface area contributed by atoms with Gasteiger partial charge in [-0.2, -0.15) is 158 Å². The lowest BCUT2D eigenvalue weighted by Gasteiger charge is -2.35. The third-order valence-corrected chi connectivity index (χ3v) is 18.9. The van der Waals surface area contributed by atoms with E-state index < -0.39 is 360 Å². The molecule has 0 saturated carbocycles. The van der Waals surface area contributed by atoms with Gasteiger partial charge in [0.05, 0.1) is 62.6 Å². The second-order valence-corrected chi connectivity index (χ2v) is 30.2. The Morgan fingerprint density at radius 1 is 0.306 bits per heavy atom. The van der Waals surface area contributed by atoms with E-state index in [4.69, 9.17) is 69.1 Å². The molecule has 3 aliphatic rings. The number of nitrogens with one attached hydrogen (secondary N) is 2. The van der Waals surface area contributed by atoms with Crippen molar-refractivity contribution in [3.63, 3.8) is 0 Å². The van der Waals surface area contributed by atoms with E-state index >= 15 is 79.0 Å². The number of aromatic nitrogens is 8. The molecule has 0 spiro atoms. The van der Waals surface area contributed by atoms with Crippen LogP contribution in [0.3, 0.4) is 0 Å². The number of rotatable bonds is 35. The van der Waals surface area contributed by atoms with E-state index in [-0.39, 0.29) is 55.0 Å². The molecule has 3 aliphatic heterocycles. The molecule has 1 fully saturated rings. The molecule has 2 N–H and O–H groups in total. The Morgan fingerprint density at radius 3 is 0.812 bits per heavy atom. The van der Waals surface area contributed by atoms with Crippen molar-refractivity contribution in [2.45, 2.75) is 127 Å². The number of H-pyrrole nitrogens is 2. The van der Waals surface area contributed by atoms with Crippen LogP contribution in [0.25, 0.3) is 95.8 Å². The van der Waals surface area contributed by atoms with Gasteiger partial charge in [0.1, 0.15) is 39.7 Å². The maximum Gasteiger partial charge on any atom is 0.422 e. The van der Waals surface area contributed by atoms with E-state index in [0.717, 1.165) is 21.9 Å². The van der Waals surface area contributed by atoms with E-state index in [2.05, 4.69) is 56.2 Å². The zero-order valence-corrected chi connectivity index (χ0v) is 73.0. The lowest BCUT2D eigenvalue weighted by Crippen LogP contribution is -2.55. The molecule has 144 heavy (non-hydrogen) atoms. The summed E-state index contributed by atoms with van der Waals surface area (Å²) < 4.78 is 608. The van der Waals surface area contributed by atoms with Crippen molar-refractivity contribution in [3.05, 3.63) is 52.6 Å². The monoisotopic (exact) mass is 2140 g/mol. The van der Waals surface area contributed by atoms with Crippen LogP contribution >= 0.6 is 12.2 Å². The minimum absolute atomic E-state index is 0.0388. The van der Waals surface area contributed by atoms with Gasteiger partial charge >= 0.3 is 74.1 Å². The van der Waals surface area contributed by atoms with Crippen LogP contribution in [-0.4, -0.2) is 246 Å². The number of aromatic amines is 2. The quantitative estimate of drug-likeness (QED) is 0.00932. The number of carbonyl (C=O) groups is 2. The molecule has 0 radical (unpaired) electrons. The number of likely N-dealkylation sites (N-methyl/N-ethyl adjacent to an activating group) is 2. The molecule has 2 amide bonds. The fraction of sp³-hybridized carbons (Fsp3) is 0.444. The predicted molar refractivity (Wildman–Crippen MR) is 423 cm³/mol. The molecule has 3 aromatic heterocycles. The van der Waals surface area contributed by atoms with Gasteiger partial charge in [0.2, 0.25) is 34.5 Å². The second-order valence-electron chi connectivity index (χ2n) is 29.9. The number of halogens is 36. The summed E-state index contributed by atoms with van der Waals surface area (Å²) in [5.41, 5.74) is -16.4. The lowest BCUT2D eigenvalue weighted by atomic mass is 10.0. The van der Waals surface area contributed by atoms with E-state index in [1.165, 1.54) is 52.0 Å². The summed E-state index contributed by atoms with van der Waals surface area (Å²) in [6, 6.07) is 5.82. The van der Waals surface area contributed by atoms with Crippen molar-refractivity contribution >= 4 is 79.4 Å². The summed E-state index contributed by atoms with van der Waals surface area (Å²) in [5.74, 6) is -35.8. The molecule has 26 nitrogen and oxygen atoms in total. The van der Waals surface area contributed by atoms with Crippen molar-refractivity contribution in [2.24, 2.45) is 0 Å². The number of alkyl halides is 36. The summed E-state index contributed by atoms with van der Waals surface area (Å²) in [4.78, 5) is 57.8. The number of fused-ring (bicyclic) bond motifs is 20. The van der Waals surface area contributed by atoms with Gasteiger partial charge in [0, 0.05) is 24.7 Å². The van der Waals surface area contributed by atoms with Gasteiger partial charge in [-0.3, -0.25) is 19.4 Å². The highest BCUT2D eigenvalue weighted by atomic mass is 32.1. The number of amides is 2. The first-order valence-electron chi connectivity index (χ1n) is 40.3. The summed E-state index contributed by atoms with van der Waals surface area (Å²) in [6.45, 7) is -33.1. The molecule has 6 heterocycles. The zero-order chi connectivity index (χ0) is 107. The van der Waals surface area contributed by atoms with Gasteiger partial charge in [-0.05, 0) is 62.7 Å². The zero-order valence-electron chi connectivity index (χ0n) is 72.2. The van der Waals surface area contributed by atoms with Gasteiger partial charge < -0.3 is 76.3 Å². The molecule has 0 unspecified atom stereocenters. The van der Waals surface area contributed by atoms with Crippen molar-refractivity contribution < 1.29 is 234 Å². The Bertz CT molecular complexity index is 6380. The van der Waals surface area contributed by atoms with Gasteiger partial charge in [-0.25, -0.2) is 29.9 Å². The Balaban J connectivity index is 1.55. The maximum atomic E-state index is 15.1. The molecule has 0 atom stereocenters. The van der Waals surface area contributed by atoms with Crippen LogP contribution in [0, 0.1) is 11.8 Å². The Morgan fingerprint density at radius 2 is 0.549 bits per heavy atom. The van der Waals surface area contributed by atoms with Crippen molar-refractivity contribution in [3.8, 4) is 138 Å². The smallest absolute Gasteiger partial charge is 0.422 e. The summed E-state index contributed by atoms with van der Waals surface area (Å²) in [6.07, 6.45) is -71.7. The highest BCUT2D eigenvalue weighted by Gasteiger charge is 2.49. The number of thiocarbonyl (C=S) groups is 1. The van der Waals surface area contributed by atoms with E-state index in [0.29, 0.717) is 0 Å². The maximum absolute atomic E-state index is 15.1. The predicted octanol–water partition coefficient (Wildman–Crippen LogP) is 22.3. The molecular formula is C81H60F36N10O16S. The third kappa shape index (κ3) is 28.3. The van der Waals surface area contributed by atoms with Crippen LogP contribution < -0.4 is 66.3 Å². The minimum atomic E-state index is -6.14. The number of ether oxygens (including phenoxy) is 14. The molecule has 788 valence electrons. The van der Waals surface area contributed by atoms with Crippen molar-refractivity contribution in [1.29, 1.82) is 0 Å². The molecule has 8 aromatic rings. The Labute approximate surface area is 784 Å². The fourth-order valence-corrected chi connectivity index (χ4v) is 13.6. The highest BCUT2D eigenvalue weighted by Crippen LogP contribution is 2.63. The normalized spacial score (nSPS) is 13.8. The van der Waals surface area contributed by atoms with Crippen LogP contribution in [0.2, 0.25) is 0 Å². The van der Waals surface area contributed by atoms with E-state index in [1.54, 1.807) is 4.98 Å². The van der Waals surface area contributed by atoms with Gasteiger partial charge in [0.15, 0.2) is 142 Å². The Kier molecular flexibility index (Phi) is 32.4. The van der Waals surface area contributed by atoms with Crippen LogP contribution in [0.1, 0.15) is 70.1 Å². The number of hydrogen-bond donors (Lipinski definition) is 2. The number of hydrogen-bond acceptors (Lipinski definition) is 23. The number of nitrogens with zero attached hydrogens (tertiary/aromatic N) is 8. The molecule has 5 aromatic carbocycles. The van der Waals surface area contributed by atoms with Crippen molar-refractivity contribution in [2.75, 3.05) is 106 Å². The van der Waals surface area contributed by atoms with Gasteiger partial charge in [0.25, 0.3) is 11.8 Å². The topological polar surface area (TPSA) is 279 Å². The Hall–Kier alpha value is -13.5. The third-order valence-electron chi connectivity index (χ3n) is 18.5. The minimum Gasteiger partial charge on any atom is -0.493 e. The highest BCUT2D eigenvalue weighted by molar-refractivity contribution is 7.80. The lowest BCUT2D eigenvalue weighted by molar-refractivity contribution is -0.162. The van der Waals surface area contributed by atoms with Crippen molar-refractivity contribution in [1.82, 2.24) is 49.7 Å². The fourth-order valence-electron chi connectivity index (χ4n) is 13.2. The second kappa shape index (κ2) is 42.0. The SMILES string of the molecule is CCCCOc1cc(C#Cc2ccc(C=C3C(=O)N(CC)C(=S)N(CC)C3=O)cc2)c(OCCCC)c2c3nc4nc(nc5[nH]c(nc6nc(nc([nH]3)c12)-c1c(OCC(F)(F)F)c(OCC(F)(F)F)c(OCC(F)(F)F)c(OCC(F)(F)F)c1-6)c1c(OCC(F)(F)F)c(OCC(F)(F)F)c(OCC(F)(F)F)c(OCC(F)(F)F)c51)-c1c(OCC(F)(F)F)c(OCC(F)(F)F)c(OCC(F)(F)F)c(OCC(F)(F)F)c1-4. The summed E-state index contributed by atoms with van der Waals surface area (Å²) in [5, 5.41) is -6.65. The van der Waals surface area contributed by atoms with Crippen LogP contribution in [0.15, 0.2) is 35.9 Å². The number of carbonyl (C=O) groups excluding carboxylic acids is 2. The van der Waals surface area contributed by atoms with E-state index in [9.17, 15) is 88.6 Å². The first-order valence-corrected chi connectivity index (χ1v) is 40.7. The van der Waals surface area contributed by atoms with Gasteiger partial charge in [-0.1, -0.05) is 50.7 Å². The standard InChI is InChI=1S/C81H60F36N10O16S/c1-5-9-17-130-37-20-35(16-15-33-11-13-34(14-12-33)19-36-67(128)126(7-3)69(144)127(8-4)68(36)129)46(131-18-10-6-2)39-38(37)59-118-60(39)120-62-42-43(50(135-24-73(91,92)93)56(141-30-79(109,110)111)55(140-29-78(106,107)108)49(42)134-23-72(88,89)90)64(122-62)124-66-45-44(51(136-25-74(94,95)96)57(142-31-80(112,113)114)58(143-32-81(115,116)117)52(45)137-26-75(97,98)99)65(125-66)123-63-41-40(61(119-59)121-63)47(132-21-70(82,83)84)53(138-27-76(100,101)102)54(139-28-77(103,104)105)48(41)133-22-71(85,86)87/h11-14,19-20H,5-10,17-18,21-32H2,1-4H3,(H2,118,119,120,121,122,123,124,125). The summed E-state index contributed by atoms with van der Waals surface area (Å²) in [7, 11) is 0. The molecule has 8 bridgehead atoms. The molecule has 0 aliphatic carbocycles. The van der Waals surface area contributed by atoms with Gasteiger partial charge in [-0.15, -0.1) is 0 Å². The van der Waals surface area contributed by atoms with Crippen LogP contribution in [0.5, 0.6) is 80.5 Å². The number of benzene rings is 5. The average molecular weight is 2150 g/mol. The molecular weight excluding hydrogens is 2080 g/mol. The average Bonchev–Trinajstić information content (AvgIpc) is 1.58. The molecule has 1 saturated heterocycles. The molecule has 11 rings (SSSR count). The van der Waals surface area contributed by atoms with Crippen LogP contribution in [-0.2, 0) is 9.59 Å². The largest absolute Gasteiger partial charge is 0.493 e. The first kappa shape index (κ1) is 111. The summed E-state index contributed by atoms with van der Waals surface area (Å²) >= 11 is 5.34. The number of unbranched alkanes of at least 4 members (excludes halogenated alkanes) is 2. The first-order chi connectivity index (χ1) is 66.4.